The first-order valence-corrected chi connectivity index (χ1v) is 6.14. The summed E-state index contributed by atoms with van der Waals surface area (Å²) in [5, 5.41) is 12.3. The smallest absolute Gasteiger partial charge is 0.251 e. The lowest BCUT2D eigenvalue weighted by molar-refractivity contribution is 0.0952. The normalized spacial score (nSPS) is 12.2. The Labute approximate surface area is 104 Å². The lowest BCUT2D eigenvalue weighted by Gasteiger charge is -2.09. The summed E-state index contributed by atoms with van der Waals surface area (Å²) in [6, 6.07) is 4.96. The SMILES string of the molecule is Cc1c(O)cccc1C(=O)NCCC(C)Br. The largest absolute Gasteiger partial charge is 0.508 e. The average Bonchev–Trinajstić information content (AvgIpc) is 2.21. The molecule has 0 spiro atoms. The van der Waals surface area contributed by atoms with Gasteiger partial charge in [-0.1, -0.05) is 28.9 Å². The first kappa shape index (κ1) is 13.0. The third-order valence-corrected chi connectivity index (χ3v) is 2.84. The van der Waals surface area contributed by atoms with Gasteiger partial charge in [-0.25, -0.2) is 0 Å². The van der Waals surface area contributed by atoms with Crippen LogP contribution in [0.3, 0.4) is 0 Å². The number of benzene rings is 1. The minimum absolute atomic E-state index is 0.137. The van der Waals surface area contributed by atoms with Crippen LogP contribution in [0.2, 0.25) is 0 Å². The molecule has 0 aromatic heterocycles. The fraction of sp³-hybridized carbons (Fsp3) is 0.417. The van der Waals surface area contributed by atoms with Crippen molar-refractivity contribution in [2.45, 2.75) is 25.1 Å². The Kier molecular flexibility index (Phi) is 4.80. The Hall–Kier alpha value is -1.03. The summed E-state index contributed by atoms with van der Waals surface area (Å²) in [5.74, 6) is 0.0167. The molecule has 0 saturated heterocycles. The molecule has 3 nitrogen and oxygen atoms in total. The van der Waals surface area contributed by atoms with Gasteiger partial charge in [0.15, 0.2) is 0 Å². The molecule has 1 aromatic rings. The van der Waals surface area contributed by atoms with E-state index in [0.717, 1.165) is 6.42 Å². The molecule has 0 aliphatic carbocycles. The summed E-state index contributed by atoms with van der Waals surface area (Å²) < 4.78 is 0. The molecule has 0 fully saturated rings. The zero-order valence-electron chi connectivity index (χ0n) is 9.46. The number of hydrogen-bond donors (Lipinski definition) is 2. The van der Waals surface area contributed by atoms with Gasteiger partial charge in [0, 0.05) is 22.5 Å². The van der Waals surface area contributed by atoms with E-state index in [-0.39, 0.29) is 11.7 Å². The Morgan fingerprint density at radius 3 is 2.88 bits per heavy atom. The number of carbonyl (C=O) groups is 1. The third kappa shape index (κ3) is 3.52. The van der Waals surface area contributed by atoms with Gasteiger partial charge in [0.05, 0.1) is 0 Å². The van der Waals surface area contributed by atoms with Crippen LogP contribution in [0.15, 0.2) is 18.2 Å². The van der Waals surface area contributed by atoms with Gasteiger partial charge < -0.3 is 10.4 Å². The minimum atomic E-state index is -0.137. The van der Waals surface area contributed by atoms with Crippen molar-refractivity contribution in [3.05, 3.63) is 29.3 Å². The quantitative estimate of drug-likeness (QED) is 0.836. The molecule has 4 heteroatoms. The molecular weight excluding hydrogens is 270 g/mol. The first-order valence-electron chi connectivity index (χ1n) is 5.23. The van der Waals surface area contributed by atoms with E-state index >= 15 is 0 Å². The number of hydrogen-bond acceptors (Lipinski definition) is 2. The van der Waals surface area contributed by atoms with Gasteiger partial charge in [0.25, 0.3) is 5.91 Å². The number of alkyl halides is 1. The monoisotopic (exact) mass is 285 g/mol. The number of rotatable bonds is 4. The minimum Gasteiger partial charge on any atom is -0.508 e. The van der Waals surface area contributed by atoms with Gasteiger partial charge in [0.2, 0.25) is 0 Å². The summed E-state index contributed by atoms with van der Waals surface area (Å²) in [4.78, 5) is 12.1. The lowest BCUT2D eigenvalue weighted by atomic mass is 10.1. The van der Waals surface area contributed by atoms with Crippen molar-refractivity contribution in [2.24, 2.45) is 0 Å². The van der Waals surface area contributed by atoms with E-state index in [0.29, 0.717) is 22.5 Å². The van der Waals surface area contributed by atoms with Gasteiger partial charge >= 0.3 is 0 Å². The van der Waals surface area contributed by atoms with Crippen molar-refractivity contribution < 1.29 is 9.90 Å². The third-order valence-electron chi connectivity index (χ3n) is 2.38. The highest BCUT2D eigenvalue weighted by molar-refractivity contribution is 9.09. The standard InChI is InChI=1S/C12H16BrNO2/c1-8(13)6-7-14-12(16)10-4-3-5-11(15)9(10)2/h3-5,8,15H,6-7H2,1-2H3,(H,14,16). The van der Waals surface area contributed by atoms with Crippen LogP contribution in [0.5, 0.6) is 5.75 Å². The van der Waals surface area contributed by atoms with Crippen molar-refractivity contribution in [2.75, 3.05) is 6.54 Å². The van der Waals surface area contributed by atoms with Crippen LogP contribution in [-0.2, 0) is 0 Å². The maximum Gasteiger partial charge on any atom is 0.251 e. The van der Waals surface area contributed by atoms with Crippen molar-refractivity contribution in [3.63, 3.8) is 0 Å². The highest BCUT2D eigenvalue weighted by atomic mass is 79.9. The maximum absolute atomic E-state index is 11.8. The van der Waals surface area contributed by atoms with Crippen LogP contribution < -0.4 is 5.32 Å². The van der Waals surface area contributed by atoms with E-state index in [1.54, 1.807) is 25.1 Å². The van der Waals surface area contributed by atoms with Crippen LogP contribution in [0.25, 0.3) is 0 Å². The zero-order chi connectivity index (χ0) is 12.1. The van der Waals surface area contributed by atoms with Gasteiger partial charge in [-0.15, -0.1) is 0 Å². The molecule has 88 valence electrons. The molecule has 1 atom stereocenters. The summed E-state index contributed by atoms with van der Waals surface area (Å²) in [5.41, 5.74) is 1.15. The van der Waals surface area contributed by atoms with E-state index in [2.05, 4.69) is 21.2 Å². The number of phenolic OH excluding ortho intramolecular Hbond substituents is 1. The van der Waals surface area contributed by atoms with E-state index in [4.69, 9.17) is 0 Å². The Morgan fingerprint density at radius 1 is 1.56 bits per heavy atom. The Morgan fingerprint density at radius 2 is 2.25 bits per heavy atom. The average molecular weight is 286 g/mol. The topological polar surface area (TPSA) is 49.3 Å². The van der Waals surface area contributed by atoms with E-state index in [1.165, 1.54) is 0 Å². The molecule has 1 rings (SSSR count). The highest BCUT2D eigenvalue weighted by Crippen LogP contribution is 2.19. The number of carbonyl (C=O) groups excluding carboxylic acids is 1. The van der Waals surface area contributed by atoms with Crippen molar-refractivity contribution in [1.29, 1.82) is 0 Å². The maximum atomic E-state index is 11.8. The van der Waals surface area contributed by atoms with Crippen molar-refractivity contribution in [3.8, 4) is 5.75 Å². The van der Waals surface area contributed by atoms with Crippen LogP contribution >= 0.6 is 15.9 Å². The fourth-order valence-corrected chi connectivity index (χ4v) is 1.58. The molecule has 0 bridgehead atoms. The van der Waals surface area contributed by atoms with Gasteiger partial charge in [-0.2, -0.15) is 0 Å². The molecule has 0 heterocycles. The van der Waals surface area contributed by atoms with E-state index in [9.17, 15) is 9.90 Å². The number of aromatic hydroxyl groups is 1. The molecule has 1 aromatic carbocycles. The molecule has 0 saturated carbocycles. The molecule has 0 aliphatic rings. The molecule has 2 N–H and O–H groups in total. The number of halogens is 1. The predicted octanol–water partition coefficient (Wildman–Crippen LogP) is 2.60. The van der Waals surface area contributed by atoms with Gasteiger partial charge in [-0.3, -0.25) is 4.79 Å². The molecule has 1 unspecified atom stereocenters. The van der Waals surface area contributed by atoms with Gasteiger partial charge in [0.1, 0.15) is 5.75 Å². The molecule has 0 aliphatic heterocycles. The summed E-state index contributed by atoms with van der Waals surface area (Å²) in [6.45, 7) is 4.39. The van der Waals surface area contributed by atoms with Crippen molar-refractivity contribution in [1.82, 2.24) is 5.32 Å². The highest BCUT2D eigenvalue weighted by Gasteiger charge is 2.10. The second-order valence-electron chi connectivity index (χ2n) is 3.78. The van der Waals surface area contributed by atoms with Crippen LogP contribution in [0.1, 0.15) is 29.3 Å². The lowest BCUT2D eigenvalue weighted by Crippen LogP contribution is -2.26. The van der Waals surface area contributed by atoms with Crippen LogP contribution in [0.4, 0.5) is 0 Å². The Balaban J connectivity index is 2.63. The summed E-state index contributed by atoms with van der Waals surface area (Å²) >= 11 is 3.42. The van der Waals surface area contributed by atoms with E-state index < -0.39 is 0 Å². The molecular formula is C12H16BrNO2. The number of amides is 1. The number of phenols is 1. The number of nitrogens with one attached hydrogen (secondary N) is 1. The predicted molar refractivity (Wildman–Crippen MR) is 68.2 cm³/mol. The Bertz CT molecular complexity index is 377. The summed E-state index contributed by atoms with van der Waals surface area (Å²) in [7, 11) is 0. The first-order chi connectivity index (χ1) is 7.52. The van der Waals surface area contributed by atoms with Crippen LogP contribution in [-0.4, -0.2) is 22.4 Å². The van der Waals surface area contributed by atoms with Crippen molar-refractivity contribution >= 4 is 21.8 Å². The summed E-state index contributed by atoms with van der Waals surface area (Å²) in [6.07, 6.45) is 0.879. The van der Waals surface area contributed by atoms with E-state index in [1.807, 2.05) is 6.92 Å². The fourth-order valence-electron chi connectivity index (χ4n) is 1.35. The molecule has 1 amide bonds. The van der Waals surface area contributed by atoms with Crippen LogP contribution in [0, 0.1) is 6.92 Å². The van der Waals surface area contributed by atoms with Gasteiger partial charge in [-0.05, 0) is 25.5 Å². The molecule has 16 heavy (non-hydrogen) atoms. The second-order valence-corrected chi connectivity index (χ2v) is 5.34. The second kappa shape index (κ2) is 5.89. The molecule has 0 radical (unpaired) electrons. The zero-order valence-corrected chi connectivity index (χ0v) is 11.0.